The lowest BCUT2D eigenvalue weighted by Crippen LogP contribution is -2.41. The van der Waals surface area contributed by atoms with Crippen molar-refractivity contribution in [3.63, 3.8) is 0 Å². The lowest BCUT2D eigenvalue weighted by molar-refractivity contribution is 0.252. The van der Waals surface area contributed by atoms with Gasteiger partial charge >= 0.3 is 0 Å². The van der Waals surface area contributed by atoms with Crippen LogP contribution in [0.25, 0.3) is 0 Å². The predicted molar refractivity (Wildman–Crippen MR) is 61.8 cm³/mol. The first-order valence-electron chi connectivity index (χ1n) is 5.74. The van der Waals surface area contributed by atoms with Crippen LogP contribution < -0.4 is 5.73 Å². The Labute approximate surface area is 91.7 Å². The highest BCUT2D eigenvalue weighted by atomic mass is 15.3. The van der Waals surface area contributed by atoms with Crippen molar-refractivity contribution in [2.24, 2.45) is 5.73 Å². The first-order valence-corrected chi connectivity index (χ1v) is 5.74. The van der Waals surface area contributed by atoms with E-state index in [2.05, 4.69) is 32.1 Å². The average molecular weight is 207 g/mol. The molecule has 2 N–H and O–H groups in total. The van der Waals surface area contributed by atoms with Gasteiger partial charge in [-0.2, -0.15) is 5.10 Å². The van der Waals surface area contributed by atoms with E-state index in [4.69, 9.17) is 5.73 Å². The molecule has 0 saturated heterocycles. The number of hydrogen-bond donors (Lipinski definition) is 1. The zero-order chi connectivity index (χ0) is 11.1. The summed E-state index contributed by atoms with van der Waals surface area (Å²) < 4.78 is 2.04. The van der Waals surface area contributed by atoms with Gasteiger partial charge in [0.1, 0.15) is 0 Å². The fourth-order valence-electron chi connectivity index (χ4n) is 2.18. The SMILES string of the molecule is CC(C)(C)n1cc(C2(CN)CCC2)cn1. The van der Waals surface area contributed by atoms with Crippen LogP contribution in [0.1, 0.15) is 45.6 Å². The largest absolute Gasteiger partial charge is 0.330 e. The second-order valence-corrected chi connectivity index (χ2v) is 5.68. The molecule has 0 amide bonds. The highest BCUT2D eigenvalue weighted by Crippen LogP contribution is 2.42. The Morgan fingerprint density at radius 3 is 2.47 bits per heavy atom. The Balaban J connectivity index is 2.27. The molecule has 0 atom stereocenters. The molecule has 1 aromatic rings. The minimum Gasteiger partial charge on any atom is -0.330 e. The molecule has 0 aliphatic heterocycles. The van der Waals surface area contributed by atoms with Crippen LogP contribution in [0.5, 0.6) is 0 Å². The van der Waals surface area contributed by atoms with Gasteiger partial charge in [-0.25, -0.2) is 0 Å². The van der Waals surface area contributed by atoms with Gasteiger partial charge in [-0.3, -0.25) is 4.68 Å². The van der Waals surface area contributed by atoms with Gasteiger partial charge in [-0.05, 0) is 39.2 Å². The molecule has 3 nitrogen and oxygen atoms in total. The fourth-order valence-corrected chi connectivity index (χ4v) is 2.18. The van der Waals surface area contributed by atoms with Crippen LogP contribution in [-0.4, -0.2) is 16.3 Å². The van der Waals surface area contributed by atoms with Gasteiger partial charge in [0.25, 0.3) is 0 Å². The van der Waals surface area contributed by atoms with E-state index in [1.54, 1.807) is 0 Å². The van der Waals surface area contributed by atoms with E-state index in [0.717, 1.165) is 6.54 Å². The molecular formula is C12H21N3. The third kappa shape index (κ3) is 1.69. The van der Waals surface area contributed by atoms with Crippen molar-refractivity contribution in [2.45, 2.75) is 51.0 Å². The van der Waals surface area contributed by atoms with Gasteiger partial charge in [0.15, 0.2) is 0 Å². The van der Waals surface area contributed by atoms with Gasteiger partial charge in [-0.1, -0.05) is 6.42 Å². The van der Waals surface area contributed by atoms with Crippen molar-refractivity contribution < 1.29 is 0 Å². The second kappa shape index (κ2) is 3.34. The molecular weight excluding hydrogens is 186 g/mol. The van der Waals surface area contributed by atoms with Crippen LogP contribution in [0, 0.1) is 0 Å². The van der Waals surface area contributed by atoms with E-state index in [1.165, 1.54) is 24.8 Å². The Bertz CT molecular complexity index is 336. The first kappa shape index (κ1) is 10.7. The summed E-state index contributed by atoms with van der Waals surface area (Å²) in [4.78, 5) is 0. The molecule has 84 valence electrons. The van der Waals surface area contributed by atoms with Crippen molar-refractivity contribution in [1.29, 1.82) is 0 Å². The summed E-state index contributed by atoms with van der Waals surface area (Å²) in [5, 5.41) is 4.44. The van der Waals surface area contributed by atoms with Crippen LogP contribution in [0.3, 0.4) is 0 Å². The number of nitrogens with zero attached hydrogens (tertiary/aromatic N) is 2. The summed E-state index contributed by atoms with van der Waals surface area (Å²) in [6.45, 7) is 7.25. The molecule has 0 radical (unpaired) electrons. The lowest BCUT2D eigenvalue weighted by atomic mass is 9.65. The maximum Gasteiger partial charge on any atom is 0.0543 e. The summed E-state index contributed by atoms with van der Waals surface area (Å²) in [6, 6.07) is 0. The molecule has 1 saturated carbocycles. The molecule has 0 spiro atoms. The lowest BCUT2D eigenvalue weighted by Gasteiger charge is -2.40. The highest BCUT2D eigenvalue weighted by Gasteiger charge is 2.38. The van der Waals surface area contributed by atoms with Crippen molar-refractivity contribution >= 4 is 0 Å². The molecule has 2 rings (SSSR count). The number of hydrogen-bond acceptors (Lipinski definition) is 2. The molecule has 1 aliphatic rings. The van der Waals surface area contributed by atoms with Crippen molar-refractivity contribution in [1.82, 2.24) is 9.78 Å². The Kier molecular flexibility index (Phi) is 2.38. The van der Waals surface area contributed by atoms with Gasteiger partial charge in [0, 0.05) is 18.2 Å². The van der Waals surface area contributed by atoms with Gasteiger partial charge < -0.3 is 5.73 Å². The van der Waals surface area contributed by atoms with Crippen LogP contribution in [0.2, 0.25) is 0 Å². The smallest absolute Gasteiger partial charge is 0.0543 e. The maximum atomic E-state index is 5.88. The van der Waals surface area contributed by atoms with Crippen molar-refractivity contribution in [2.75, 3.05) is 6.54 Å². The Morgan fingerprint density at radius 1 is 1.47 bits per heavy atom. The zero-order valence-corrected chi connectivity index (χ0v) is 9.95. The van der Waals surface area contributed by atoms with Crippen LogP contribution in [0.4, 0.5) is 0 Å². The molecule has 0 aromatic carbocycles. The molecule has 1 aromatic heterocycles. The van der Waals surface area contributed by atoms with Crippen LogP contribution in [-0.2, 0) is 11.0 Å². The topological polar surface area (TPSA) is 43.8 Å². The molecule has 15 heavy (non-hydrogen) atoms. The van der Waals surface area contributed by atoms with Crippen molar-refractivity contribution in [3.8, 4) is 0 Å². The zero-order valence-electron chi connectivity index (χ0n) is 9.95. The number of nitrogens with two attached hydrogens (primary N) is 1. The minimum atomic E-state index is 0.0672. The Hall–Kier alpha value is -0.830. The monoisotopic (exact) mass is 207 g/mol. The van der Waals surface area contributed by atoms with Gasteiger partial charge in [0.05, 0.1) is 11.7 Å². The van der Waals surface area contributed by atoms with Crippen molar-refractivity contribution in [3.05, 3.63) is 18.0 Å². The van der Waals surface area contributed by atoms with Crippen LogP contribution in [0.15, 0.2) is 12.4 Å². The van der Waals surface area contributed by atoms with E-state index >= 15 is 0 Å². The standard InChI is InChI=1S/C12H21N3/c1-11(2,3)15-8-10(7-14-15)12(9-13)5-4-6-12/h7-8H,4-6,9,13H2,1-3H3. The number of rotatable bonds is 2. The summed E-state index contributed by atoms with van der Waals surface area (Å²) in [7, 11) is 0. The van der Waals surface area contributed by atoms with Gasteiger partial charge in [0.2, 0.25) is 0 Å². The van der Waals surface area contributed by atoms with E-state index < -0.39 is 0 Å². The fraction of sp³-hybridized carbons (Fsp3) is 0.750. The number of aromatic nitrogens is 2. The summed E-state index contributed by atoms with van der Waals surface area (Å²) >= 11 is 0. The summed E-state index contributed by atoms with van der Waals surface area (Å²) in [5.41, 5.74) is 7.51. The highest BCUT2D eigenvalue weighted by molar-refractivity contribution is 5.24. The van der Waals surface area contributed by atoms with E-state index in [-0.39, 0.29) is 11.0 Å². The van der Waals surface area contributed by atoms with E-state index in [1.807, 2.05) is 10.9 Å². The quantitative estimate of drug-likeness (QED) is 0.806. The second-order valence-electron chi connectivity index (χ2n) is 5.68. The predicted octanol–water partition coefficient (Wildman–Crippen LogP) is 2.02. The Morgan fingerprint density at radius 2 is 2.13 bits per heavy atom. The third-order valence-corrected chi connectivity index (χ3v) is 3.58. The van der Waals surface area contributed by atoms with Gasteiger partial charge in [-0.15, -0.1) is 0 Å². The first-order chi connectivity index (χ1) is 6.98. The summed E-state index contributed by atoms with van der Waals surface area (Å²) in [6.07, 6.45) is 7.92. The molecule has 3 heteroatoms. The average Bonchev–Trinajstić information content (AvgIpc) is 2.51. The summed E-state index contributed by atoms with van der Waals surface area (Å²) in [5.74, 6) is 0. The molecule has 0 unspecified atom stereocenters. The molecule has 1 heterocycles. The normalized spacial score (nSPS) is 20.0. The van der Waals surface area contributed by atoms with E-state index in [0.29, 0.717) is 0 Å². The van der Waals surface area contributed by atoms with Crippen LogP contribution >= 0.6 is 0 Å². The maximum absolute atomic E-state index is 5.88. The minimum absolute atomic E-state index is 0.0672. The van der Waals surface area contributed by atoms with E-state index in [9.17, 15) is 0 Å². The molecule has 1 aliphatic carbocycles. The third-order valence-electron chi connectivity index (χ3n) is 3.58. The molecule has 1 fully saturated rings. The molecule has 0 bridgehead atoms.